The number of nitrogens with one attached hydrogen (secondary N) is 9. The predicted molar refractivity (Wildman–Crippen MR) is 317 cm³/mol. The summed E-state index contributed by atoms with van der Waals surface area (Å²) in [6.45, 7) is 2.31. The van der Waals surface area contributed by atoms with E-state index >= 15 is 0 Å². The Morgan fingerprint density at radius 1 is 0.424 bits per heavy atom. The molecule has 530 valence electrons. The SMILES string of the molecule is N=N/C(=C\N[C@H]1C[C@@H](O)[C@@H](O)[C@@H](CO)O1)COCCOCCOCCNC(=O)CCC(N)(CCC(=O)NCCOCCOCCOC/C(=C/N[C@H]1C[C@@H](O)[C@@H](O)[C@@H](CO)O1)N=N)CCC(=O)NCCOCCOCCOC/C(=C/N[C@H]1C[C@@H](O)[C@@H](O)[C@@H](CO)O1)N=N. The van der Waals surface area contributed by atoms with Gasteiger partial charge in [-0.3, -0.25) is 14.4 Å². The monoisotopic (exact) mass is 1330 g/mol. The van der Waals surface area contributed by atoms with E-state index < -0.39 is 99.0 Å². The molecule has 3 amide bonds. The van der Waals surface area contributed by atoms with Crippen molar-refractivity contribution in [3.63, 3.8) is 0 Å². The average molecular weight is 1330 g/mol. The molecular weight excluding hydrogens is 1230 g/mol. The first-order chi connectivity index (χ1) is 44.5. The molecule has 0 spiro atoms. The Kier molecular flexibility index (Phi) is 43.7. The largest absolute Gasteiger partial charge is 0.394 e. The molecule has 12 atom stereocenters. The first-order valence-electron chi connectivity index (χ1n) is 30.6. The van der Waals surface area contributed by atoms with Gasteiger partial charge in [0.15, 0.2) is 0 Å². The molecule has 3 fully saturated rings. The smallest absolute Gasteiger partial charge is 0.220 e. The normalized spacial score (nSPS) is 25.3. The number of hydrogen-bond donors (Lipinski definition) is 19. The van der Waals surface area contributed by atoms with Gasteiger partial charge in [-0.1, -0.05) is 0 Å². The van der Waals surface area contributed by atoms with Crippen molar-refractivity contribution in [1.82, 2.24) is 31.9 Å². The maximum atomic E-state index is 12.9. The Morgan fingerprint density at radius 2 is 0.663 bits per heavy atom. The third-order valence-electron chi connectivity index (χ3n) is 14.2. The van der Waals surface area contributed by atoms with Crippen LogP contribution in [0.15, 0.2) is 51.0 Å². The van der Waals surface area contributed by atoms with Crippen molar-refractivity contribution in [1.29, 1.82) is 16.6 Å². The standard InChI is InChI=1S/C55H101N13O24/c56-55(4-1-46(75)60-7-10-81-13-16-84-19-22-87-34-37(66-57)28-63-49-25-40(72)52(78)43(31-69)90-49,5-2-47(76)61-8-11-82-14-17-85-20-23-88-35-38(67-58)29-64-50-26-41(73)53(79)44(32-70)91-50)6-3-48(77)62-9-12-83-15-18-86-21-24-89-36-39(68-59)30-65-51-27-42(74)54(80)45(33-71)92-51/h28-30,40-45,49-54,57-59,63-65,69-74,78-80H,1-27,31-36,56H2,(H,60,75)(H,61,76)(H,62,77)/b37-28-,38-29-,39-30-,66-57?,67-58?,68-59?/t40-,41-,42-,43-,44-,45-,49-,50-,51-,52-,53-,54-,55?/m1/s1. The van der Waals surface area contributed by atoms with Crippen LogP contribution in [0.25, 0.3) is 0 Å². The Morgan fingerprint density at radius 3 is 0.902 bits per heavy atom. The maximum Gasteiger partial charge on any atom is 0.220 e. The second kappa shape index (κ2) is 49.5. The molecule has 37 nitrogen and oxygen atoms in total. The molecule has 20 N–H and O–H groups in total. The molecule has 0 saturated carbocycles. The van der Waals surface area contributed by atoms with Gasteiger partial charge in [0, 0.05) is 82.3 Å². The molecule has 0 aromatic rings. The summed E-state index contributed by atoms with van der Waals surface area (Å²) in [5.41, 5.74) is 28.6. The number of nitrogens with two attached hydrogens (primary N) is 1. The van der Waals surface area contributed by atoms with Crippen LogP contribution in [0.3, 0.4) is 0 Å². The topological polar surface area (TPSA) is 551 Å². The van der Waals surface area contributed by atoms with Crippen molar-refractivity contribution in [2.45, 2.75) is 137 Å². The number of carbonyl (C=O) groups is 3. The van der Waals surface area contributed by atoms with E-state index in [-0.39, 0.29) is 231 Å². The van der Waals surface area contributed by atoms with E-state index in [4.69, 9.17) is 79.2 Å². The van der Waals surface area contributed by atoms with Crippen LogP contribution < -0.4 is 37.6 Å². The van der Waals surface area contributed by atoms with Gasteiger partial charge in [-0.15, -0.1) is 0 Å². The molecule has 0 bridgehead atoms. The number of carbonyl (C=O) groups excluding carboxylic acids is 3. The molecule has 0 aliphatic carbocycles. The number of ether oxygens (including phenoxy) is 12. The number of aliphatic hydroxyl groups is 9. The lowest BCUT2D eigenvalue weighted by Gasteiger charge is -2.36. The van der Waals surface area contributed by atoms with E-state index in [1.54, 1.807) is 0 Å². The van der Waals surface area contributed by atoms with Gasteiger partial charge in [0.1, 0.15) is 72.4 Å². The molecule has 0 radical (unpaired) electrons. The van der Waals surface area contributed by atoms with Gasteiger partial charge < -0.3 is 140 Å². The summed E-state index contributed by atoms with van der Waals surface area (Å²) in [5.74, 6) is -0.909. The molecule has 0 aromatic heterocycles. The zero-order valence-electron chi connectivity index (χ0n) is 52.1. The number of hydrogen-bond acceptors (Lipinski definition) is 34. The summed E-state index contributed by atoms with van der Waals surface area (Å²) >= 11 is 0. The fourth-order valence-corrected chi connectivity index (χ4v) is 8.89. The number of nitrogens with zero attached hydrogens (tertiary/aromatic N) is 3. The number of aliphatic hydroxyl groups excluding tert-OH is 9. The first kappa shape index (κ1) is 81.2. The maximum absolute atomic E-state index is 12.9. The van der Waals surface area contributed by atoms with E-state index in [0.29, 0.717) is 0 Å². The number of amides is 3. The molecule has 0 aromatic carbocycles. The summed E-state index contributed by atoms with van der Waals surface area (Å²) in [6, 6.07) is 0. The second-order valence-electron chi connectivity index (χ2n) is 21.4. The van der Waals surface area contributed by atoms with Crippen LogP contribution in [0.1, 0.15) is 57.8 Å². The molecule has 3 aliphatic rings. The van der Waals surface area contributed by atoms with Gasteiger partial charge in [0.05, 0.1) is 157 Å². The molecule has 37 heteroatoms. The average Bonchev–Trinajstić information content (AvgIpc) is 1.10. The molecular formula is C55H101N13O24. The van der Waals surface area contributed by atoms with Crippen LogP contribution in [0.5, 0.6) is 0 Å². The Hall–Kier alpha value is -5.05. The van der Waals surface area contributed by atoms with E-state index in [2.05, 4.69) is 47.2 Å². The van der Waals surface area contributed by atoms with Crippen LogP contribution in [-0.4, -0.2) is 301 Å². The predicted octanol–water partition coefficient (Wildman–Crippen LogP) is -4.60. The minimum atomic E-state index is -1.21. The quantitative estimate of drug-likeness (QED) is 0.0201. The van der Waals surface area contributed by atoms with Crippen molar-refractivity contribution >= 4 is 17.7 Å². The summed E-state index contributed by atoms with van der Waals surface area (Å²) in [6.07, 6.45) is -7.06. The summed E-state index contributed by atoms with van der Waals surface area (Å²) in [5, 5.41) is 115. The highest BCUT2D eigenvalue weighted by molar-refractivity contribution is 5.77. The van der Waals surface area contributed by atoms with Crippen molar-refractivity contribution < 1.29 is 117 Å². The number of rotatable bonds is 54. The zero-order valence-corrected chi connectivity index (χ0v) is 52.1. The lowest BCUT2D eigenvalue weighted by atomic mass is 9.84. The first-order valence-corrected chi connectivity index (χ1v) is 30.6. The summed E-state index contributed by atoms with van der Waals surface area (Å²) < 4.78 is 66.2. The fraction of sp³-hybridized carbons (Fsp3) is 0.836. The molecule has 3 rings (SSSR count). The molecule has 3 aliphatic heterocycles. The van der Waals surface area contributed by atoms with Crippen LogP contribution in [0, 0.1) is 16.6 Å². The molecule has 3 heterocycles. The second-order valence-corrected chi connectivity index (χ2v) is 21.4. The Balaban J connectivity index is 1.30. The lowest BCUT2D eigenvalue weighted by molar-refractivity contribution is -0.184. The van der Waals surface area contributed by atoms with Gasteiger partial charge in [0.25, 0.3) is 0 Å². The van der Waals surface area contributed by atoms with Crippen molar-refractivity contribution in [2.75, 3.05) is 158 Å². The summed E-state index contributed by atoms with van der Waals surface area (Å²) in [7, 11) is 0. The third kappa shape index (κ3) is 35.5. The van der Waals surface area contributed by atoms with Gasteiger partial charge in [-0.05, 0) is 19.3 Å². The fourth-order valence-electron chi connectivity index (χ4n) is 8.89. The molecule has 3 saturated heterocycles. The van der Waals surface area contributed by atoms with Crippen molar-refractivity contribution in [2.24, 2.45) is 21.1 Å². The third-order valence-corrected chi connectivity index (χ3v) is 14.2. The van der Waals surface area contributed by atoms with Gasteiger partial charge in [0.2, 0.25) is 17.7 Å². The minimum Gasteiger partial charge on any atom is -0.394 e. The molecule has 0 unspecified atom stereocenters. The van der Waals surface area contributed by atoms with E-state index in [9.17, 15) is 60.3 Å². The summed E-state index contributed by atoms with van der Waals surface area (Å²) in [4.78, 5) is 38.8. The highest BCUT2D eigenvalue weighted by Crippen LogP contribution is 2.24. The van der Waals surface area contributed by atoms with Crippen LogP contribution in [-0.2, 0) is 71.2 Å². The highest BCUT2D eigenvalue weighted by Gasteiger charge is 2.38. The van der Waals surface area contributed by atoms with Crippen LogP contribution in [0.2, 0.25) is 0 Å². The van der Waals surface area contributed by atoms with Crippen LogP contribution in [0.4, 0.5) is 0 Å². The zero-order chi connectivity index (χ0) is 67.2. The van der Waals surface area contributed by atoms with Crippen molar-refractivity contribution in [3.05, 3.63) is 35.7 Å². The molecule has 92 heavy (non-hydrogen) atoms. The van der Waals surface area contributed by atoms with E-state index in [0.717, 1.165) is 0 Å². The highest BCUT2D eigenvalue weighted by atomic mass is 16.6. The minimum absolute atomic E-state index is 0.0117. The van der Waals surface area contributed by atoms with Gasteiger partial charge in [-0.2, -0.15) is 15.3 Å². The van der Waals surface area contributed by atoms with Gasteiger partial charge >= 0.3 is 0 Å². The Bertz CT molecular complexity index is 1920. The Labute approximate surface area is 534 Å². The van der Waals surface area contributed by atoms with Crippen molar-refractivity contribution in [3.8, 4) is 0 Å². The van der Waals surface area contributed by atoms with E-state index in [1.165, 1.54) is 18.6 Å². The lowest BCUT2D eigenvalue weighted by Crippen LogP contribution is -2.53. The van der Waals surface area contributed by atoms with Gasteiger partial charge in [-0.25, -0.2) is 16.6 Å². The van der Waals surface area contributed by atoms with Crippen LogP contribution >= 0.6 is 0 Å². The van der Waals surface area contributed by atoms with E-state index in [1.807, 2.05) is 0 Å².